The number of amides is 2. The summed E-state index contributed by atoms with van der Waals surface area (Å²) in [5.74, 6) is -0.886. The fraction of sp³-hybridized carbons (Fsp3) is 0.500. The number of hydrogen-bond donors (Lipinski definition) is 1. The summed E-state index contributed by atoms with van der Waals surface area (Å²) in [6, 6.07) is 6.81. The SMILES string of the molecule is C=CCN1C(=O)N[C@H](c2ccc(C)cc2)C(C(=O)OCC)=C1CN1CCC[C@H](C(=O)OCC)C1. The van der Waals surface area contributed by atoms with Gasteiger partial charge in [0.15, 0.2) is 0 Å². The van der Waals surface area contributed by atoms with E-state index in [1.165, 1.54) is 4.90 Å². The van der Waals surface area contributed by atoms with Crippen LogP contribution in [0.3, 0.4) is 0 Å². The molecule has 0 bridgehead atoms. The lowest BCUT2D eigenvalue weighted by Crippen LogP contribution is -2.52. The van der Waals surface area contributed by atoms with Crippen molar-refractivity contribution >= 4 is 18.0 Å². The number of benzene rings is 1. The first kappa shape index (κ1) is 25.5. The fourth-order valence-electron chi connectivity index (χ4n) is 4.52. The van der Waals surface area contributed by atoms with Crippen LogP contribution in [0.1, 0.15) is 43.9 Å². The van der Waals surface area contributed by atoms with Crippen molar-refractivity contribution < 1.29 is 23.9 Å². The third-order valence-electron chi connectivity index (χ3n) is 6.15. The Labute approximate surface area is 201 Å². The van der Waals surface area contributed by atoms with E-state index >= 15 is 0 Å². The minimum absolute atomic E-state index is 0.200. The quantitative estimate of drug-likeness (QED) is 0.441. The standard InChI is InChI=1S/C26H35N3O5/c1-5-14-29-21(17-28-15-8-9-20(16-28)24(30)33-6-2)22(25(31)34-7-3)23(27-26(29)32)19-12-10-18(4)11-13-19/h5,10-13,20,23H,1,6-9,14-17H2,2-4H3,(H,27,32)/t20-,23+/m0/s1. The van der Waals surface area contributed by atoms with Crippen LogP contribution in [-0.2, 0) is 19.1 Å². The number of nitrogens with zero attached hydrogens (tertiary/aromatic N) is 2. The summed E-state index contributed by atoms with van der Waals surface area (Å²) in [5.41, 5.74) is 2.88. The zero-order valence-electron chi connectivity index (χ0n) is 20.3. The maximum Gasteiger partial charge on any atom is 0.338 e. The molecular weight excluding hydrogens is 434 g/mol. The minimum atomic E-state index is -0.631. The van der Waals surface area contributed by atoms with Crippen molar-refractivity contribution in [3.05, 3.63) is 59.3 Å². The van der Waals surface area contributed by atoms with Gasteiger partial charge in [0.2, 0.25) is 0 Å². The zero-order valence-corrected chi connectivity index (χ0v) is 20.3. The summed E-state index contributed by atoms with van der Waals surface area (Å²) >= 11 is 0. The minimum Gasteiger partial charge on any atom is -0.466 e. The van der Waals surface area contributed by atoms with Gasteiger partial charge in [0.1, 0.15) is 0 Å². The van der Waals surface area contributed by atoms with E-state index in [1.54, 1.807) is 19.9 Å². The third kappa shape index (κ3) is 5.86. The highest BCUT2D eigenvalue weighted by atomic mass is 16.5. The molecule has 3 rings (SSSR count). The number of rotatable bonds is 9. The molecule has 1 N–H and O–H groups in total. The van der Waals surface area contributed by atoms with Gasteiger partial charge in [-0.05, 0) is 45.7 Å². The molecular formula is C26H35N3O5. The maximum atomic E-state index is 13.2. The van der Waals surface area contributed by atoms with Gasteiger partial charge in [-0.25, -0.2) is 9.59 Å². The van der Waals surface area contributed by atoms with E-state index in [2.05, 4.69) is 16.8 Å². The highest BCUT2D eigenvalue weighted by molar-refractivity contribution is 5.95. The summed E-state index contributed by atoms with van der Waals surface area (Å²) in [5, 5.41) is 2.98. The molecule has 2 amide bonds. The Morgan fingerprint density at radius 1 is 1.18 bits per heavy atom. The highest BCUT2D eigenvalue weighted by Gasteiger charge is 2.39. The Bertz CT molecular complexity index is 940. The summed E-state index contributed by atoms with van der Waals surface area (Å²) in [6.45, 7) is 11.8. The summed E-state index contributed by atoms with van der Waals surface area (Å²) in [4.78, 5) is 42.4. The second kappa shape index (κ2) is 11.8. The van der Waals surface area contributed by atoms with Crippen LogP contribution < -0.4 is 5.32 Å². The number of nitrogens with one attached hydrogen (secondary N) is 1. The van der Waals surface area contributed by atoms with Gasteiger partial charge in [-0.15, -0.1) is 6.58 Å². The molecule has 0 aromatic heterocycles. The molecule has 2 atom stereocenters. The summed E-state index contributed by atoms with van der Waals surface area (Å²) in [6.07, 6.45) is 3.23. The number of aryl methyl sites for hydroxylation is 1. The first-order valence-corrected chi connectivity index (χ1v) is 11.9. The monoisotopic (exact) mass is 469 g/mol. The lowest BCUT2D eigenvalue weighted by Gasteiger charge is -2.39. The van der Waals surface area contributed by atoms with Crippen molar-refractivity contribution in [1.29, 1.82) is 0 Å². The Morgan fingerprint density at radius 2 is 1.88 bits per heavy atom. The molecule has 1 aromatic rings. The molecule has 1 saturated heterocycles. The first-order chi connectivity index (χ1) is 16.4. The van der Waals surface area contributed by atoms with E-state index in [0.717, 1.165) is 30.5 Å². The molecule has 184 valence electrons. The second-order valence-electron chi connectivity index (χ2n) is 8.60. The van der Waals surface area contributed by atoms with Crippen molar-refractivity contribution in [1.82, 2.24) is 15.1 Å². The number of likely N-dealkylation sites (tertiary alicyclic amines) is 1. The molecule has 0 aliphatic carbocycles. The molecule has 0 saturated carbocycles. The number of hydrogen-bond acceptors (Lipinski definition) is 6. The van der Waals surface area contributed by atoms with Gasteiger partial charge in [0.25, 0.3) is 0 Å². The van der Waals surface area contributed by atoms with Crippen LogP contribution in [0.5, 0.6) is 0 Å². The molecule has 1 aromatic carbocycles. The molecule has 8 nitrogen and oxygen atoms in total. The van der Waals surface area contributed by atoms with Gasteiger partial charge in [0, 0.05) is 25.3 Å². The normalized spacial score (nSPS) is 21.1. The fourth-order valence-corrected chi connectivity index (χ4v) is 4.52. The van der Waals surface area contributed by atoms with E-state index in [-0.39, 0.29) is 31.1 Å². The Hall–Kier alpha value is -3.13. The summed E-state index contributed by atoms with van der Waals surface area (Å²) in [7, 11) is 0. The average molecular weight is 470 g/mol. The van der Waals surface area contributed by atoms with Gasteiger partial charge in [-0.3, -0.25) is 14.6 Å². The zero-order chi connectivity index (χ0) is 24.7. The van der Waals surface area contributed by atoms with Gasteiger partial charge in [-0.2, -0.15) is 0 Å². The Kier molecular flexibility index (Phi) is 8.87. The molecule has 34 heavy (non-hydrogen) atoms. The number of carbonyl (C=O) groups is 3. The third-order valence-corrected chi connectivity index (χ3v) is 6.15. The Morgan fingerprint density at radius 3 is 2.53 bits per heavy atom. The first-order valence-electron chi connectivity index (χ1n) is 11.9. The lowest BCUT2D eigenvalue weighted by atomic mass is 9.92. The topological polar surface area (TPSA) is 88.2 Å². The Balaban J connectivity index is 2.02. The van der Waals surface area contributed by atoms with Crippen LogP contribution >= 0.6 is 0 Å². The number of esters is 2. The molecule has 0 radical (unpaired) electrons. The van der Waals surface area contributed by atoms with Gasteiger partial charge in [0.05, 0.1) is 30.7 Å². The number of piperidine rings is 1. The van der Waals surface area contributed by atoms with E-state index in [4.69, 9.17) is 9.47 Å². The molecule has 2 heterocycles. The smallest absolute Gasteiger partial charge is 0.338 e. The van der Waals surface area contributed by atoms with Gasteiger partial charge >= 0.3 is 18.0 Å². The molecule has 2 aliphatic heterocycles. The van der Waals surface area contributed by atoms with Crippen molar-refractivity contribution in [3.63, 3.8) is 0 Å². The number of ether oxygens (including phenoxy) is 2. The van der Waals surface area contributed by atoms with Crippen molar-refractivity contribution in [2.24, 2.45) is 5.92 Å². The van der Waals surface area contributed by atoms with Gasteiger partial charge in [-0.1, -0.05) is 35.9 Å². The van der Waals surface area contributed by atoms with E-state index in [9.17, 15) is 14.4 Å². The molecule has 0 spiro atoms. The number of urea groups is 1. The van der Waals surface area contributed by atoms with E-state index < -0.39 is 12.0 Å². The molecule has 8 heteroatoms. The van der Waals surface area contributed by atoms with Crippen LogP contribution in [0, 0.1) is 12.8 Å². The average Bonchev–Trinajstić information content (AvgIpc) is 2.82. The molecule has 1 fully saturated rings. The van der Waals surface area contributed by atoms with Crippen molar-refractivity contribution in [2.75, 3.05) is 39.4 Å². The molecule has 2 aliphatic rings. The van der Waals surface area contributed by atoms with E-state index in [0.29, 0.717) is 31.0 Å². The van der Waals surface area contributed by atoms with Crippen LogP contribution in [0.4, 0.5) is 4.79 Å². The molecule has 0 unspecified atom stereocenters. The van der Waals surface area contributed by atoms with Crippen molar-refractivity contribution in [2.45, 2.75) is 39.7 Å². The van der Waals surface area contributed by atoms with Crippen LogP contribution in [0.15, 0.2) is 48.2 Å². The second-order valence-corrected chi connectivity index (χ2v) is 8.60. The largest absolute Gasteiger partial charge is 0.466 e. The highest BCUT2D eigenvalue weighted by Crippen LogP contribution is 2.33. The lowest BCUT2D eigenvalue weighted by molar-refractivity contribution is -0.150. The predicted molar refractivity (Wildman–Crippen MR) is 129 cm³/mol. The van der Waals surface area contributed by atoms with Crippen LogP contribution in [-0.4, -0.2) is 67.2 Å². The summed E-state index contributed by atoms with van der Waals surface area (Å²) < 4.78 is 10.7. The van der Waals surface area contributed by atoms with Gasteiger partial charge < -0.3 is 14.8 Å². The predicted octanol–water partition coefficient (Wildman–Crippen LogP) is 3.34. The van der Waals surface area contributed by atoms with Crippen molar-refractivity contribution in [3.8, 4) is 0 Å². The number of carbonyl (C=O) groups excluding carboxylic acids is 3. The van der Waals surface area contributed by atoms with E-state index in [1.807, 2.05) is 31.2 Å². The van der Waals surface area contributed by atoms with Crippen LogP contribution in [0.2, 0.25) is 0 Å². The van der Waals surface area contributed by atoms with Crippen LogP contribution in [0.25, 0.3) is 0 Å². The maximum absolute atomic E-state index is 13.2.